The highest BCUT2D eigenvalue weighted by Crippen LogP contribution is 2.32. The van der Waals surface area contributed by atoms with Gasteiger partial charge in [0.1, 0.15) is 11.6 Å². The van der Waals surface area contributed by atoms with Crippen molar-refractivity contribution in [2.45, 2.75) is 0 Å². The highest BCUT2D eigenvalue weighted by molar-refractivity contribution is 5.95. The highest BCUT2D eigenvalue weighted by Gasteiger charge is 2.18. The molecule has 1 N–H and O–H groups in total. The number of anilines is 1. The Hall–Kier alpha value is -3.22. The summed E-state index contributed by atoms with van der Waals surface area (Å²) in [7, 11) is 0. The number of fused-ring (bicyclic) bond motifs is 1. The third-order valence-electron chi connectivity index (χ3n) is 3.39. The topological polar surface area (TPSA) is 77.2 Å². The van der Waals surface area contributed by atoms with E-state index in [1.54, 1.807) is 30.3 Å². The summed E-state index contributed by atoms with van der Waals surface area (Å²) in [4.78, 5) is 15.6. The van der Waals surface area contributed by atoms with Gasteiger partial charge in [-0.3, -0.25) is 4.79 Å². The fraction of sp³-hybridized carbons (Fsp3) is 0.0625. The predicted molar refractivity (Wildman–Crippen MR) is 79.3 cm³/mol. The molecule has 0 unspecified atom stereocenters. The van der Waals surface area contributed by atoms with E-state index in [9.17, 15) is 9.18 Å². The maximum absolute atomic E-state index is 13.0. The van der Waals surface area contributed by atoms with Crippen LogP contribution in [0.3, 0.4) is 0 Å². The molecule has 0 radical (unpaired) electrons. The molecule has 114 valence electrons. The Bertz CT molecular complexity index is 890. The first-order chi connectivity index (χ1) is 11.2. The highest BCUT2D eigenvalue weighted by atomic mass is 19.1. The Labute approximate surface area is 129 Å². The summed E-state index contributed by atoms with van der Waals surface area (Å²) in [6.45, 7) is -0.0267. The lowest BCUT2D eigenvalue weighted by Gasteiger charge is -2.17. The first kappa shape index (κ1) is 13.4. The summed E-state index contributed by atoms with van der Waals surface area (Å²) in [6, 6.07) is 11.0. The van der Waals surface area contributed by atoms with Gasteiger partial charge in [-0.1, -0.05) is 5.16 Å². The number of ether oxygens (including phenoxy) is 1. The molecule has 0 saturated carbocycles. The van der Waals surface area contributed by atoms with Crippen LogP contribution < -0.4 is 10.1 Å². The molecule has 0 saturated heterocycles. The summed E-state index contributed by atoms with van der Waals surface area (Å²) in [5.74, 6) is 0.705. The van der Waals surface area contributed by atoms with Crippen LogP contribution in [0.4, 0.5) is 10.1 Å². The van der Waals surface area contributed by atoms with Gasteiger partial charge in [0, 0.05) is 11.1 Å². The molecule has 1 amide bonds. The van der Waals surface area contributed by atoms with Gasteiger partial charge in [-0.2, -0.15) is 4.98 Å². The van der Waals surface area contributed by atoms with Crippen molar-refractivity contribution in [3.8, 4) is 28.6 Å². The molecule has 1 aliphatic heterocycles. The Morgan fingerprint density at radius 2 is 1.87 bits per heavy atom. The zero-order valence-electron chi connectivity index (χ0n) is 11.7. The van der Waals surface area contributed by atoms with Crippen LogP contribution >= 0.6 is 0 Å². The van der Waals surface area contributed by atoms with Crippen LogP contribution in [0.15, 0.2) is 47.0 Å². The fourth-order valence-corrected chi connectivity index (χ4v) is 2.26. The summed E-state index contributed by atoms with van der Waals surface area (Å²) in [5.41, 5.74) is 1.92. The van der Waals surface area contributed by atoms with Crippen molar-refractivity contribution in [1.82, 2.24) is 10.1 Å². The molecule has 23 heavy (non-hydrogen) atoms. The standard InChI is InChI=1S/C16H10FN3O3/c17-11-4-1-9(2-5-11)15-19-16(23-20-15)10-3-6-12-13(7-10)22-8-14(21)18-12/h1-7H,8H2,(H,18,21). The van der Waals surface area contributed by atoms with E-state index in [0.29, 0.717) is 34.3 Å². The van der Waals surface area contributed by atoms with E-state index in [1.165, 1.54) is 12.1 Å². The van der Waals surface area contributed by atoms with Gasteiger partial charge in [0.2, 0.25) is 5.82 Å². The van der Waals surface area contributed by atoms with Crippen molar-refractivity contribution >= 4 is 11.6 Å². The zero-order valence-corrected chi connectivity index (χ0v) is 11.7. The van der Waals surface area contributed by atoms with Crippen molar-refractivity contribution in [3.05, 3.63) is 48.3 Å². The van der Waals surface area contributed by atoms with Crippen LogP contribution in [0, 0.1) is 5.82 Å². The van der Waals surface area contributed by atoms with Crippen molar-refractivity contribution in [2.24, 2.45) is 0 Å². The van der Waals surface area contributed by atoms with Gasteiger partial charge < -0.3 is 14.6 Å². The van der Waals surface area contributed by atoms with Crippen LogP contribution in [-0.2, 0) is 4.79 Å². The molecule has 0 spiro atoms. The minimum absolute atomic E-state index is 0.0267. The average molecular weight is 311 g/mol. The van der Waals surface area contributed by atoms with E-state index in [4.69, 9.17) is 9.26 Å². The Kier molecular flexibility index (Phi) is 3.04. The number of aromatic nitrogens is 2. The van der Waals surface area contributed by atoms with Gasteiger partial charge >= 0.3 is 0 Å². The number of hydrogen-bond acceptors (Lipinski definition) is 5. The number of halogens is 1. The Balaban J connectivity index is 1.66. The van der Waals surface area contributed by atoms with Gasteiger partial charge in [-0.15, -0.1) is 0 Å². The van der Waals surface area contributed by atoms with Crippen molar-refractivity contribution in [1.29, 1.82) is 0 Å². The lowest BCUT2D eigenvalue weighted by molar-refractivity contribution is -0.118. The predicted octanol–water partition coefficient (Wildman–Crippen LogP) is 2.87. The quantitative estimate of drug-likeness (QED) is 0.787. The van der Waals surface area contributed by atoms with E-state index in [0.717, 1.165) is 0 Å². The van der Waals surface area contributed by atoms with Crippen molar-refractivity contribution in [2.75, 3.05) is 11.9 Å². The van der Waals surface area contributed by atoms with Gasteiger partial charge in [-0.05, 0) is 42.5 Å². The molecular weight excluding hydrogens is 301 g/mol. The second kappa shape index (κ2) is 5.20. The van der Waals surface area contributed by atoms with Gasteiger partial charge in [-0.25, -0.2) is 4.39 Å². The molecule has 0 atom stereocenters. The molecule has 0 aliphatic carbocycles. The van der Waals surface area contributed by atoms with Crippen molar-refractivity contribution in [3.63, 3.8) is 0 Å². The van der Waals surface area contributed by atoms with Crippen LogP contribution in [0.2, 0.25) is 0 Å². The number of nitrogens with zero attached hydrogens (tertiary/aromatic N) is 2. The molecule has 3 aromatic rings. The third kappa shape index (κ3) is 2.52. The van der Waals surface area contributed by atoms with E-state index in [2.05, 4.69) is 15.5 Å². The normalized spacial score (nSPS) is 13.2. The van der Waals surface area contributed by atoms with Gasteiger partial charge in [0.25, 0.3) is 11.8 Å². The van der Waals surface area contributed by atoms with E-state index >= 15 is 0 Å². The lowest BCUT2D eigenvalue weighted by Crippen LogP contribution is -2.25. The lowest BCUT2D eigenvalue weighted by atomic mass is 10.1. The Morgan fingerprint density at radius 3 is 2.70 bits per heavy atom. The second-order valence-electron chi connectivity index (χ2n) is 4.98. The molecule has 0 bridgehead atoms. The maximum atomic E-state index is 13.0. The van der Waals surface area contributed by atoms with Gasteiger partial charge in [0.15, 0.2) is 6.61 Å². The minimum atomic E-state index is -0.327. The van der Waals surface area contributed by atoms with Crippen LogP contribution in [0.25, 0.3) is 22.8 Å². The summed E-state index contributed by atoms with van der Waals surface area (Å²) in [6.07, 6.45) is 0. The molecular formula is C16H10FN3O3. The zero-order chi connectivity index (χ0) is 15.8. The van der Waals surface area contributed by atoms with E-state index in [-0.39, 0.29) is 18.3 Å². The number of carbonyl (C=O) groups excluding carboxylic acids is 1. The summed E-state index contributed by atoms with van der Waals surface area (Å²) < 4.78 is 23.6. The number of carbonyl (C=O) groups is 1. The van der Waals surface area contributed by atoms with Gasteiger partial charge in [0.05, 0.1) is 5.69 Å². The Morgan fingerprint density at radius 1 is 1.09 bits per heavy atom. The fourth-order valence-electron chi connectivity index (χ4n) is 2.26. The molecule has 2 aromatic carbocycles. The molecule has 0 fully saturated rings. The van der Waals surface area contributed by atoms with Crippen molar-refractivity contribution < 1.29 is 18.4 Å². The SMILES string of the molecule is O=C1COc2cc(-c3nc(-c4ccc(F)cc4)no3)ccc2N1. The summed E-state index contributed by atoms with van der Waals surface area (Å²) in [5, 5.41) is 6.61. The first-order valence-electron chi connectivity index (χ1n) is 6.86. The monoisotopic (exact) mass is 311 g/mol. The average Bonchev–Trinajstić information content (AvgIpc) is 3.05. The van der Waals surface area contributed by atoms with E-state index in [1.807, 2.05) is 0 Å². The third-order valence-corrected chi connectivity index (χ3v) is 3.39. The molecule has 2 heterocycles. The minimum Gasteiger partial charge on any atom is -0.482 e. The molecule has 1 aromatic heterocycles. The number of rotatable bonds is 2. The second-order valence-corrected chi connectivity index (χ2v) is 4.98. The largest absolute Gasteiger partial charge is 0.482 e. The molecule has 1 aliphatic rings. The molecule has 4 rings (SSSR count). The summed E-state index contributed by atoms with van der Waals surface area (Å²) >= 11 is 0. The number of benzene rings is 2. The number of amides is 1. The van der Waals surface area contributed by atoms with Crippen LogP contribution in [0.5, 0.6) is 5.75 Å². The van der Waals surface area contributed by atoms with Crippen LogP contribution in [-0.4, -0.2) is 22.7 Å². The number of hydrogen-bond donors (Lipinski definition) is 1. The van der Waals surface area contributed by atoms with E-state index < -0.39 is 0 Å². The number of nitrogens with one attached hydrogen (secondary N) is 1. The maximum Gasteiger partial charge on any atom is 0.262 e. The van der Waals surface area contributed by atoms with Crippen LogP contribution in [0.1, 0.15) is 0 Å². The molecule has 7 heteroatoms. The smallest absolute Gasteiger partial charge is 0.262 e. The first-order valence-corrected chi connectivity index (χ1v) is 6.86. The molecule has 6 nitrogen and oxygen atoms in total.